The van der Waals surface area contributed by atoms with Gasteiger partial charge >= 0.3 is 0 Å². The van der Waals surface area contributed by atoms with Crippen LogP contribution in [0.4, 0.5) is 0 Å². The van der Waals surface area contributed by atoms with Gasteiger partial charge in [0.25, 0.3) is 0 Å². The highest BCUT2D eigenvalue weighted by Crippen LogP contribution is 2.42. The highest BCUT2D eigenvalue weighted by Gasteiger charge is 2.12. The third-order valence-corrected chi connectivity index (χ3v) is 5.65. The van der Waals surface area contributed by atoms with Gasteiger partial charge in [-0.2, -0.15) is 0 Å². The molecule has 1 aromatic heterocycles. The first-order valence-corrected chi connectivity index (χ1v) is 8.58. The Bertz CT molecular complexity index is 971. The molecule has 21 heavy (non-hydrogen) atoms. The standard InChI is InChI=1S/C18H10BrClS/c19-15-10-11(20)8-9-12(15)13-5-3-7-17-18(13)14-4-1-2-6-16(14)21-17/h1-10H. The van der Waals surface area contributed by atoms with Crippen LogP contribution in [0.15, 0.2) is 65.1 Å². The SMILES string of the molecule is Clc1ccc(-c2cccc3sc4ccccc4c23)c(Br)c1. The summed E-state index contributed by atoms with van der Waals surface area (Å²) < 4.78 is 3.67. The molecule has 0 N–H and O–H groups in total. The van der Waals surface area contributed by atoms with Gasteiger partial charge in [0.1, 0.15) is 0 Å². The van der Waals surface area contributed by atoms with Crippen LogP contribution >= 0.6 is 38.9 Å². The van der Waals surface area contributed by atoms with Crippen molar-refractivity contribution >= 4 is 59.0 Å². The van der Waals surface area contributed by atoms with E-state index >= 15 is 0 Å². The Kier molecular flexibility index (Phi) is 3.26. The Hall–Kier alpha value is -1.35. The summed E-state index contributed by atoms with van der Waals surface area (Å²) in [5.74, 6) is 0. The highest BCUT2D eigenvalue weighted by molar-refractivity contribution is 9.10. The average molecular weight is 374 g/mol. The molecule has 3 aromatic carbocycles. The lowest BCUT2D eigenvalue weighted by molar-refractivity contribution is 1.62. The van der Waals surface area contributed by atoms with Crippen LogP contribution in [0.3, 0.4) is 0 Å². The van der Waals surface area contributed by atoms with E-state index in [0.717, 1.165) is 9.50 Å². The number of hydrogen-bond donors (Lipinski definition) is 0. The van der Waals surface area contributed by atoms with Crippen molar-refractivity contribution in [2.24, 2.45) is 0 Å². The molecule has 0 aliphatic heterocycles. The van der Waals surface area contributed by atoms with Gasteiger partial charge in [-0.05, 0) is 35.4 Å². The fourth-order valence-electron chi connectivity index (χ4n) is 2.71. The van der Waals surface area contributed by atoms with Crippen molar-refractivity contribution in [1.29, 1.82) is 0 Å². The second-order valence-corrected chi connectivity index (χ2v) is 7.28. The lowest BCUT2D eigenvalue weighted by atomic mass is 10.00. The van der Waals surface area contributed by atoms with Gasteiger partial charge in [-0.1, -0.05) is 63.9 Å². The maximum atomic E-state index is 6.07. The topological polar surface area (TPSA) is 0 Å². The predicted octanol–water partition coefficient (Wildman–Crippen LogP) is 7.14. The van der Waals surface area contributed by atoms with E-state index < -0.39 is 0 Å². The highest BCUT2D eigenvalue weighted by atomic mass is 79.9. The Morgan fingerprint density at radius 2 is 1.62 bits per heavy atom. The Balaban J connectivity index is 2.13. The molecule has 0 atom stereocenters. The van der Waals surface area contributed by atoms with Crippen molar-refractivity contribution in [2.45, 2.75) is 0 Å². The summed E-state index contributed by atoms with van der Waals surface area (Å²) in [6.07, 6.45) is 0. The number of benzene rings is 3. The molecule has 0 amide bonds. The van der Waals surface area contributed by atoms with Crippen LogP contribution in [0.5, 0.6) is 0 Å². The van der Waals surface area contributed by atoms with Crippen LogP contribution in [-0.2, 0) is 0 Å². The van der Waals surface area contributed by atoms with E-state index in [2.05, 4.69) is 64.5 Å². The molecule has 0 bridgehead atoms. The van der Waals surface area contributed by atoms with Crippen LogP contribution in [0, 0.1) is 0 Å². The quantitative estimate of drug-likeness (QED) is 0.332. The molecule has 0 nitrogen and oxygen atoms in total. The first-order valence-electron chi connectivity index (χ1n) is 6.60. The molecule has 0 fully saturated rings. The maximum Gasteiger partial charge on any atom is 0.0417 e. The minimum absolute atomic E-state index is 0.743. The first kappa shape index (κ1) is 13.3. The van der Waals surface area contributed by atoms with Crippen molar-refractivity contribution in [3.8, 4) is 11.1 Å². The molecule has 0 spiro atoms. The van der Waals surface area contributed by atoms with E-state index in [1.807, 2.05) is 23.5 Å². The van der Waals surface area contributed by atoms with Gasteiger partial charge in [-0.25, -0.2) is 0 Å². The molecule has 0 saturated carbocycles. The summed E-state index contributed by atoms with van der Waals surface area (Å²) in [5.41, 5.74) is 2.42. The third kappa shape index (κ3) is 2.18. The van der Waals surface area contributed by atoms with Gasteiger partial charge in [0.05, 0.1) is 0 Å². The third-order valence-electron chi connectivity index (χ3n) is 3.62. The monoisotopic (exact) mass is 372 g/mol. The van der Waals surface area contributed by atoms with Crippen molar-refractivity contribution in [1.82, 2.24) is 0 Å². The normalized spacial score (nSPS) is 11.3. The van der Waals surface area contributed by atoms with Crippen LogP contribution in [-0.4, -0.2) is 0 Å². The molecule has 0 aliphatic carbocycles. The Morgan fingerprint density at radius 3 is 2.48 bits per heavy atom. The molecule has 1 heterocycles. The van der Waals surface area contributed by atoms with Crippen LogP contribution < -0.4 is 0 Å². The summed E-state index contributed by atoms with van der Waals surface area (Å²) in [4.78, 5) is 0. The van der Waals surface area contributed by atoms with Crippen molar-refractivity contribution in [2.75, 3.05) is 0 Å². The van der Waals surface area contributed by atoms with Gasteiger partial charge in [0.15, 0.2) is 0 Å². The zero-order chi connectivity index (χ0) is 14.4. The van der Waals surface area contributed by atoms with Gasteiger partial charge < -0.3 is 0 Å². The summed E-state index contributed by atoms with van der Waals surface area (Å²) >= 11 is 11.5. The molecule has 102 valence electrons. The number of hydrogen-bond acceptors (Lipinski definition) is 1. The molecule has 0 aliphatic rings. The molecule has 4 rings (SSSR count). The largest absolute Gasteiger partial charge is 0.135 e. The zero-order valence-corrected chi connectivity index (χ0v) is 14.1. The number of fused-ring (bicyclic) bond motifs is 3. The van der Waals surface area contributed by atoms with Crippen molar-refractivity contribution in [3.05, 3.63) is 70.2 Å². The predicted molar refractivity (Wildman–Crippen MR) is 97.5 cm³/mol. The lowest BCUT2D eigenvalue weighted by Crippen LogP contribution is -1.81. The lowest BCUT2D eigenvalue weighted by Gasteiger charge is -2.07. The summed E-state index contributed by atoms with van der Waals surface area (Å²) in [7, 11) is 0. The van der Waals surface area contributed by atoms with Crippen LogP contribution in [0.2, 0.25) is 5.02 Å². The molecule has 0 unspecified atom stereocenters. The van der Waals surface area contributed by atoms with E-state index in [9.17, 15) is 0 Å². The Morgan fingerprint density at radius 1 is 0.810 bits per heavy atom. The van der Waals surface area contributed by atoms with Gasteiger partial charge in [-0.15, -0.1) is 11.3 Å². The first-order chi connectivity index (χ1) is 10.2. The second-order valence-electron chi connectivity index (χ2n) is 4.90. The van der Waals surface area contributed by atoms with E-state index in [1.165, 1.54) is 31.3 Å². The zero-order valence-electron chi connectivity index (χ0n) is 10.9. The maximum absolute atomic E-state index is 6.07. The smallest absolute Gasteiger partial charge is 0.0417 e. The number of halogens is 2. The van der Waals surface area contributed by atoms with Crippen molar-refractivity contribution < 1.29 is 0 Å². The second kappa shape index (κ2) is 5.13. The van der Waals surface area contributed by atoms with Gasteiger partial charge in [0.2, 0.25) is 0 Å². The Labute approximate surface area is 140 Å². The molecule has 0 radical (unpaired) electrons. The molecule has 4 aromatic rings. The minimum Gasteiger partial charge on any atom is -0.135 e. The van der Waals surface area contributed by atoms with Crippen LogP contribution in [0.25, 0.3) is 31.3 Å². The molecular weight excluding hydrogens is 364 g/mol. The van der Waals surface area contributed by atoms with E-state index in [1.54, 1.807) is 0 Å². The number of thiophene rings is 1. The minimum atomic E-state index is 0.743. The summed E-state index contributed by atoms with van der Waals surface area (Å²) in [6, 6.07) is 21.0. The molecule has 3 heteroatoms. The molecule has 0 saturated heterocycles. The number of rotatable bonds is 1. The van der Waals surface area contributed by atoms with E-state index in [-0.39, 0.29) is 0 Å². The average Bonchev–Trinajstić information content (AvgIpc) is 2.86. The summed E-state index contributed by atoms with van der Waals surface area (Å²) in [6.45, 7) is 0. The van der Waals surface area contributed by atoms with E-state index in [4.69, 9.17) is 11.6 Å². The van der Waals surface area contributed by atoms with Crippen LogP contribution in [0.1, 0.15) is 0 Å². The van der Waals surface area contributed by atoms with Crippen molar-refractivity contribution in [3.63, 3.8) is 0 Å². The van der Waals surface area contributed by atoms with Gasteiger partial charge in [-0.3, -0.25) is 0 Å². The van der Waals surface area contributed by atoms with E-state index in [0.29, 0.717) is 0 Å². The van der Waals surface area contributed by atoms with Gasteiger partial charge in [0, 0.05) is 29.7 Å². The fourth-order valence-corrected chi connectivity index (χ4v) is 4.74. The fraction of sp³-hybridized carbons (Fsp3) is 0. The molecular formula is C18H10BrClS. The summed E-state index contributed by atoms with van der Waals surface area (Å²) in [5, 5.41) is 3.38.